The van der Waals surface area contributed by atoms with Crippen LogP contribution in [0.15, 0.2) is 59.6 Å². The van der Waals surface area contributed by atoms with Gasteiger partial charge < -0.3 is 19.7 Å². The Morgan fingerprint density at radius 3 is 2.43 bits per heavy atom. The Kier molecular flexibility index (Phi) is 7.25. The molecular formula is C22H28FN3O2. The lowest BCUT2D eigenvalue weighted by atomic mass is 10.1. The van der Waals surface area contributed by atoms with Crippen molar-refractivity contribution >= 4 is 5.96 Å². The molecule has 1 heterocycles. The summed E-state index contributed by atoms with van der Waals surface area (Å²) in [5.74, 6) is 1.52. The average Bonchev–Trinajstić information content (AvgIpc) is 2.74. The van der Waals surface area contributed by atoms with Crippen LogP contribution in [-0.4, -0.2) is 50.8 Å². The lowest BCUT2D eigenvalue weighted by molar-refractivity contribution is 0.103. The molecule has 6 heteroatoms. The zero-order valence-electron chi connectivity index (χ0n) is 16.5. The number of hydrogen-bond acceptors (Lipinski definition) is 3. The lowest BCUT2D eigenvalue weighted by Gasteiger charge is -2.34. The molecule has 0 aromatic heterocycles. The van der Waals surface area contributed by atoms with Crippen LogP contribution >= 0.6 is 0 Å². The third kappa shape index (κ3) is 5.45. The van der Waals surface area contributed by atoms with Crippen LogP contribution in [0.3, 0.4) is 0 Å². The maximum Gasteiger partial charge on any atom is 0.193 e. The molecule has 1 aliphatic heterocycles. The van der Waals surface area contributed by atoms with Crippen molar-refractivity contribution in [3.8, 4) is 5.75 Å². The van der Waals surface area contributed by atoms with Crippen molar-refractivity contribution < 1.29 is 13.9 Å². The van der Waals surface area contributed by atoms with E-state index in [1.807, 2.05) is 30.3 Å². The minimum atomic E-state index is -0.247. The van der Waals surface area contributed by atoms with Gasteiger partial charge in [0.1, 0.15) is 17.7 Å². The van der Waals surface area contributed by atoms with Gasteiger partial charge in [-0.05, 0) is 29.8 Å². The first-order valence-electron chi connectivity index (χ1n) is 9.65. The first-order chi connectivity index (χ1) is 13.7. The van der Waals surface area contributed by atoms with Crippen molar-refractivity contribution in [2.75, 3.05) is 33.8 Å². The van der Waals surface area contributed by atoms with Crippen molar-refractivity contribution in [1.82, 2.24) is 10.2 Å². The van der Waals surface area contributed by atoms with Crippen LogP contribution in [0.25, 0.3) is 0 Å². The fourth-order valence-electron chi connectivity index (χ4n) is 3.41. The molecule has 0 spiro atoms. The molecule has 5 nitrogen and oxygen atoms in total. The molecule has 28 heavy (non-hydrogen) atoms. The van der Waals surface area contributed by atoms with Crippen LogP contribution in [0.5, 0.6) is 5.75 Å². The zero-order valence-corrected chi connectivity index (χ0v) is 16.5. The quantitative estimate of drug-likeness (QED) is 0.609. The number of piperidine rings is 1. The van der Waals surface area contributed by atoms with Gasteiger partial charge in [0.05, 0.1) is 6.10 Å². The number of nitrogens with one attached hydrogen (secondary N) is 1. The Bertz CT molecular complexity index is 744. The summed E-state index contributed by atoms with van der Waals surface area (Å²) < 4.78 is 24.8. The molecule has 0 bridgehead atoms. The fraction of sp³-hybridized carbons (Fsp3) is 0.409. The van der Waals surface area contributed by atoms with Crippen LogP contribution in [0, 0.1) is 5.82 Å². The molecule has 1 aliphatic rings. The molecule has 1 N–H and O–H groups in total. The van der Waals surface area contributed by atoms with Gasteiger partial charge in [0.25, 0.3) is 0 Å². The van der Waals surface area contributed by atoms with Gasteiger partial charge in [-0.3, -0.25) is 4.99 Å². The number of hydrogen-bond donors (Lipinski definition) is 1. The number of aliphatic imine (C=N–C) groups is 1. The summed E-state index contributed by atoms with van der Waals surface area (Å²) in [5, 5.41) is 3.38. The Labute approximate surface area is 166 Å². The smallest absolute Gasteiger partial charge is 0.193 e. The molecule has 1 saturated heterocycles. The number of methoxy groups -OCH3 is 1. The van der Waals surface area contributed by atoms with Crippen LogP contribution < -0.4 is 10.1 Å². The Morgan fingerprint density at radius 1 is 1.14 bits per heavy atom. The average molecular weight is 385 g/mol. The minimum absolute atomic E-state index is 0.170. The molecule has 0 radical (unpaired) electrons. The number of halogens is 1. The standard InChI is InChI=1S/C22H28FN3O2/c1-24-22(25-16-21(27-2)17-8-10-18(23)11-9-17)26-14-12-20(13-15-26)28-19-6-4-3-5-7-19/h3-11,20-21H,12-16H2,1-2H3,(H,24,25). The van der Waals surface area contributed by atoms with E-state index < -0.39 is 0 Å². The molecule has 3 rings (SSSR count). The highest BCUT2D eigenvalue weighted by molar-refractivity contribution is 5.80. The van der Waals surface area contributed by atoms with E-state index in [1.54, 1.807) is 26.3 Å². The third-order valence-corrected chi connectivity index (χ3v) is 4.97. The summed E-state index contributed by atoms with van der Waals surface area (Å²) in [6.45, 7) is 2.33. The molecule has 0 saturated carbocycles. The first kappa shape index (κ1) is 20.1. The normalized spacial score (nSPS) is 16.7. The SMILES string of the molecule is CN=C(NCC(OC)c1ccc(F)cc1)N1CCC(Oc2ccccc2)CC1. The van der Waals surface area contributed by atoms with E-state index in [2.05, 4.69) is 15.2 Å². The van der Waals surface area contributed by atoms with Gasteiger partial charge in [0.15, 0.2) is 5.96 Å². The number of benzene rings is 2. The lowest BCUT2D eigenvalue weighted by Crippen LogP contribution is -2.48. The van der Waals surface area contributed by atoms with Crippen LogP contribution in [-0.2, 0) is 4.74 Å². The van der Waals surface area contributed by atoms with Gasteiger partial charge in [-0.1, -0.05) is 30.3 Å². The number of ether oxygens (including phenoxy) is 2. The fourth-order valence-corrected chi connectivity index (χ4v) is 3.41. The van der Waals surface area contributed by atoms with Crippen LogP contribution in [0.2, 0.25) is 0 Å². The van der Waals surface area contributed by atoms with Gasteiger partial charge in [0.2, 0.25) is 0 Å². The molecule has 150 valence electrons. The summed E-state index contributed by atoms with van der Waals surface area (Å²) in [7, 11) is 3.44. The van der Waals surface area contributed by atoms with Crippen LogP contribution in [0.4, 0.5) is 4.39 Å². The van der Waals surface area contributed by atoms with Crippen LogP contribution in [0.1, 0.15) is 24.5 Å². The summed E-state index contributed by atoms with van der Waals surface area (Å²) in [4.78, 5) is 6.65. The number of nitrogens with zero attached hydrogens (tertiary/aromatic N) is 2. The maximum absolute atomic E-state index is 13.1. The van der Waals surface area contributed by atoms with Gasteiger partial charge in [-0.15, -0.1) is 0 Å². The second-order valence-corrected chi connectivity index (χ2v) is 6.82. The van der Waals surface area contributed by atoms with E-state index in [1.165, 1.54) is 12.1 Å². The molecule has 1 fully saturated rings. The molecule has 1 atom stereocenters. The summed E-state index contributed by atoms with van der Waals surface area (Å²) >= 11 is 0. The summed E-state index contributed by atoms with van der Waals surface area (Å²) in [6, 6.07) is 16.4. The van der Waals surface area contributed by atoms with E-state index >= 15 is 0 Å². The molecule has 2 aromatic rings. The van der Waals surface area contributed by atoms with Gasteiger partial charge >= 0.3 is 0 Å². The Balaban J connectivity index is 1.49. The number of likely N-dealkylation sites (tertiary alicyclic amines) is 1. The van der Waals surface area contributed by atoms with Gasteiger partial charge in [-0.25, -0.2) is 4.39 Å². The van der Waals surface area contributed by atoms with Crippen molar-refractivity contribution in [2.24, 2.45) is 4.99 Å². The third-order valence-electron chi connectivity index (χ3n) is 4.97. The monoisotopic (exact) mass is 385 g/mol. The van der Waals surface area contributed by atoms with E-state index in [0.717, 1.165) is 43.2 Å². The highest BCUT2D eigenvalue weighted by Gasteiger charge is 2.23. The Hall–Kier alpha value is -2.60. The summed E-state index contributed by atoms with van der Waals surface area (Å²) in [6.07, 6.45) is 1.95. The highest BCUT2D eigenvalue weighted by atomic mass is 19.1. The van der Waals surface area contributed by atoms with E-state index in [4.69, 9.17) is 9.47 Å². The number of para-hydroxylation sites is 1. The molecule has 0 amide bonds. The van der Waals surface area contributed by atoms with E-state index in [0.29, 0.717) is 6.54 Å². The topological polar surface area (TPSA) is 46.1 Å². The largest absolute Gasteiger partial charge is 0.490 e. The molecule has 1 unspecified atom stereocenters. The predicted octanol–water partition coefficient (Wildman–Crippen LogP) is 3.63. The van der Waals surface area contributed by atoms with Gasteiger partial charge in [-0.2, -0.15) is 0 Å². The van der Waals surface area contributed by atoms with Crippen molar-refractivity contribution in [3.63, 3.8) is 0 Å². The highest BCUT2D eigenvalue weighted by Crippen LogP contribution is 2.19. The number of rotatable bonds is 6. The van der Waals surface area contributed by atoms with Crippen molar-refractivity contribution in [1.29, 1.82) is 0 Å². The maximum atomic E-state index is 13.1. The van der Waals surface area contributed by atoms with E-state index in [9.17, 15) is 4.39 Å². The van der Waals surface area contributed by atoms with E-state index in [-0.39, 0.29) is 18.0 Å². The number of guanidine groups is 1. The van der Waals surface area contributed by atoms with Gasteiger partial charge in [0, 0.05) is 46.6 Å². The molecule has 2 aromatic carbocycles. The molecule has 0 aliphatic carbocycles. The zero-order chi connectivity index (χ0) is 19.8. The minimum Gasteiger partial charge on any atom is -0.490 e. The Morgan fingerprint density at radius 2 is 1.82 bits per heavy atom. The predicted molar refractivity (Wildman–Crippen MR) is 109 cm³/mol. The second-order valence-electron chi connectivity index (χ2n) is 6.82. The van der Waals surface area contributed by atoms with Crippen molar-refractivity contribution in [3.05, 3.63) is 66.0 Å². The molecular weight excluding hydrogens is 357 g/mol. The van der Waals surface area contributed by atoms with Crippen molar-refractivity contribution in [2.45, 2.75) is 25.0 Å². The first-order valence-corrected chi connectivity index (χ1v) is 9.65. The second kappa shape index (κ2) is 10.1. The summed E-state index contributed by atoms with van der Waals surface area (Å²) in [5.41, 5.74) is 0.932.